The van der Waals surface area contributed by atoms with Gasteiger partial charge in [-0.05, 0) is 28.8 Å². The molecule has 3 aromatic rings. The number of amides is 2. The van der Waals surface area contributed by atoms with Gasteiger partial charge in [-0.1, -0.05) is 48.5 Å². The first-order valence-electron chi connectivity index (χ1n) is 8.84. The molecule has 0 atom stereocenters. The van der Waals surface area contributed by atoms with E-state index in [0.717, 1.165) is 16.7 Å². The summed E-state index contributed by atoms with van der Waals surface area (Å²) in [5, 5.41) is 2.91. The fraction of sp³-hybridized carbons (Fsp3) is 0.136. The Balaban J connectivity index is 1.52. The summed E-state index contributed by atoms with van der Waals surface area (Å²) in [6.07, 6.45) is 3.46. The first-order valence-corrected chi connectivity index (χ1v) is 8.84. The van der Waals surface area contributed by atoms with Gasteiger partial charge in [-0.3, -0.25) is 14.6 Å². The molecule has 5 heteroatoms. The Morgan fingerprint density at radius 1 is 1.00 bits per heavy atom. The van der Waals surface area contributed by atoms with Crippen LogP contribution in [0.1, 0.15) is 37.4 Å². The van der Waals surface area contributed by atoms with Gasteiger partial charge < -0.3 is 10.2 Å². The van der Waals surface area contributed by atoms with E-state index in [1.165, 1.54) is 0 Å². The van der Waals surface area contributed by atoms with E-state index in [9.17, 15) is 9.59 Å². The van der Waals surface area contributed by atoms with Crippen LogP contribution in [0.25, 0.3) is 0 Å². The van der Waals surface area contributed by atoms with Crippen LogP contribution in [0.15, 0.2) is 73.1 Å². The van der Waals surface area contributed by atoms with Crippen molar-refractivity contribution in [2.75, 3.05) is 0 Å². The Morgan fingerprint density at radius 2 is 1.81 bits per heavy atom. The zero-order chi connectivity index (χ0) is 18.6. The number of nitrogens with one attached hydrogen (secondary N) is 1. The first kappa shape index (κ1) is 17.0. The molecular weight excluding hydrogens is 338 g/mol. The molecule has 0 saturated heterocycles. The van der Waals surface area contributed by atoms with Crippen LogP contribution in [0.3, 0.4) is 0 Å². The molecule has 0 aliphatic carbocycles. The molecule has 2 amide bonds. The number of carbonyl (C=O) groups excluding carboxylic acids is 2. The minimum absolute atomic E-state index is 0.112. The topological polar surface area (TPSA) is 62.3 Å². The lowest BCUT2D eigenvalue weighted by atomic mass is 10.0. The summed E-state index contributed by atoms with van der Waals surface area (Å²) >= 11 is 0. The molecule has 4 rings (SSSR count). The summed E-state index contributed by atoms with van der Waals surface area (Å²) in [4.78, 5) is 31.5. The van der Waals surface area contributed by atoms with E-state index in [0.29, 0.717) is 30.8 Å². The maximum Gasteiger partial charge on any atom is 0.255 e. The molecule has 27 heavy (non-hydrogen) atoms. The number of carbonyl (C=O) groups is 2. The molecule has 0 saturated carbocycles. The number of pyridine rings is 1. The third kappa shape index (κ3) is 3.58. The molecule has 1 aliphatic rings. The minimum Gasteiger partial charge on any atom is -0.348 e. The second kappa shape index (κ2) is 7.41. The van der Waals surface area contributed by atoms with Gasteiger partial charge in [0.2, 0.25) is 0 Å². The van der Waals surface area contributed by atoms with Crippen molar-refractivity contribution in [3.05, 3.63) is 101 Å². The van der Waals surface area contributed by atoms with Gasteiger partial charge in [-0.2, -0.15) is 0 Å². The lowest BCUT2D eigenvalue weighted by molar-refractivity contribution is 0.0761. The van der Waals surface area contributed by atoms with Crippen molar-refractivity contribution in [2.24, 2.45) is 0 Å². The molecule has 0 radical (unpaired) electrons. The molecule has 1 aliphatic heterocycles. The van der Waals surface area contributed by atoms with Crippen LogP contribution in [-0.2, 0) is 19.6 Å². The molecule has 2 aromatic carbocycles. The third-order valence-electron chi connectivity index (χ3n) is 4.65. The smallest absolute Gasteiger partial charge is 0.255 e. The van der Waals surface area contributed by atoms with Gasteiger partial charge >= 0.3 is 0 Å². The molecule has 2 heterocycles. The molecule has 0 fully saturated rings. The molecule has 1 aromatic heterocycles. The number of hydrogen-bond acceptors (Lipinski definition) is 3. The number of aromatic nitrogens is 1. The Morgan fingerprint density at radius 3 is 2.59 bits per heavy atom. The standard InChI is InChI=1S/C22H19N3O2/c26-21(24-13-16-6-2-1-3-7-16)19-10-4-9-18-15-25(22(27)20(18)19)14-17-8-5-11-23-12-17/h1-12H,13-15H2,(H,24,26). The predicted octanol–water partition coefficient (Wildman–Crippen LogP) is 3.17. The molecule has 0 bridgehead atoms. The second-order valence-electron chi connectivity index (χ2n) is 6.53. The summed E-state index contributed by atoms with van der Waals surface area (Å²) in [7, 11) is 0. The number of benzene rings is 2. The molecule has 134 valence electrons. The maximum absolute atomic E-state index is 12.9. The van der Waals surface area contributed by atoms with Gasteiger partial charge in [0, 0.05) is 32.0 Å². The molecule has 0 unspecified atom stereocenters. The van der Waals surface area contributed by atoms with Crippen LogP contribution in [-0.4, -0.2) is 21.7 Å². The van der Waals surface area contributed by atoms with Gasteiger partial charge in [0.25, 0.3) is 11.8 Å². The van der Waals surface area contributed by atoms with E-state index in [1.807, 2.05) is 54.6 Å². The average Bonchev–Trinajstić information content (AvgIpc) is 3.03. The Hall–Kier alpha value is -3.47. The van der Waals surface area contributed by atoms with Gasteiger partial charge in [-0.15, -0.1) is 0 Å². The van der Waals surface area contributed by atoms with E-state index in [-0.39, 0.29) is 11.8 Å². The lowest BCUT2D eigenvalue weighted by Crippen LogP contribution is -2.27. The Kier molecular flexibility index (Phi) is 4.66. The van der Waals surface area contributed by atoms with Crippen molar-refractivity contribution in [3.8, 4) is 0 Å². The van der Waals surface area contributed by atoms with E-state index >= 15 is 0 Å². The van der Waals surface area contributed by atoms with Crippen molar-refractivity contribution < 1.29 is 9.59 Å². The van der Waals surface area contributed by atoms with Crippen LogP contribution in [0.5, 0.6) is 0 Å². The van der Waals surface area contributed by atoms with Crippen LogP contribution in [0.4, 0.5) is 0 Å². The highest BCUT2D eigenvalue weighted by Crippen LogP contribution is 2.27. The monoisotopic (exact) mass is 357 g/mol. The van der Waals surface area contributed by atoms with Gasteiger partial charge in [0.05, 0.1) is 11.1 Å². The summed E-state index contributed by atoms with van der Waals surface area (Å²) in [6, 6.07) is 19.0. The minimum atomic E-state index is -0.229. The molecular formula is C22H19N3O2. The zero-order valence-electron chi connectivity index (χ0n) is 14.8. The van der Waals surface area contributed by atoms with E-state index < -0.39 is 0 Å². The summed E-state index contributed by atoms with van der Waals surface area (Å²) in [6.45, 7) is 1.41. The SMILES string of the molecule is O=C(NCc1ccccc1)c1cccc2c1C(=O)N(Cc1cccnc1)C2. The highest BCUT2D eigenvalue weighted by atomic mass is 16.2. The third-order valence-corrected chi connectivity index (χ3v) is 4.65. The highest BCUT2D eigenvalue weighted by molar-refractivity contribution is 6.09. The Labute approximate surface area is 157 Å². The van der Waals surface area contributed by atoms with Gasteiger partial charge in [-0.25, -0.2) is 0 Å². The van der Waals surface area contributed by atoms with Crippen molar-refractivity contribution in [2.45, 2.75) is 19.6 Å². The quantitative estimate of drug-likeness (QED) is 0.763. The number of rotatable bonds is 5. The fourth-order valence-electron chi connectivity index (χ4n) is 3.32. The summed E-state index contributed by atoms with van der Waals surface area (Å²) in [5.74, 6) is -0.341. The number of fused-ring (bicyclic) bond motifs is 1. The zero-order valence-corrected chi connectivity index (χ0v) is 14.8. The predicted molar refractivity (Wildman–Crippen MR) is 102 cm³/mol. The van der Waals surface area contributed by atoms with Crippen LogP contribution >= 0.6 is 0 Å². The highest BCUT2D eigenvalue weighted by Gasteiger charge is 2.31. The molecule has 1 N–H and O–H groups in total. The fourth-order valence-corrected chi connectivity index (χ4v) is 3.32. The number of hydrogen-bond donors (Lipinski definition) is 1. The van der Waals surface area contributed by atoms with Crippen molar-refractivity contribution in [1.82, 2.24) is 15.2 Å². The number of nitrogens with zero attached hydrogens (tertiary/aromatic N) is 2. The van der Waals surface area contributed by atoms with E-state index in [1.54, 1.807) is 23.4 Å². The van der Waals surface area contributed by atoms with E-state index in [2.05, 4.69) is 10.3 Å². The lowest BCUT2D eigenvalue weighted by Gasteiger charge is -2.15. The van der Waals surface area contributed by atoms with Crippen molar-refractivity contribution in [3.63, 3.8) is 0 Å². The largest absolute Gasteiger partial charge is 0.348 e. The molecule has 0 spiro atoms. The van der Waals surface area contributed by atoms with Crippen molar-refractivity contribution >= 4 is 11.8 Å². The molecule has 5 nitrogen and oxygen atoms in total. The van der Waals surface area contributed by atoms with Crippen LogP contribution < -0.4 is 5.32 Å². The summed E-state index contributed by atoms with van der Waals surface area (Å²) in [5.41, 5.74) is 3.81. The van der Waals surface area contributed by atoms with E-state index in [4.69, 9.17) is 0 Å². The second-order valence-corrected chi connectivity index (χ2v) is 6.53. The normalized spacial score (nSPS) is 12.7. The Bertz CT molecular complexity index is 971. The van der Waals surface area contributed by atoms with Gasteiger partial charge in [0.1, 0.15) is 0 Å². The van der Waals surface area contributed by atoms with Crippen LogP contribution in [0, 0.1) is 0 Å². The first-order chi connectivity index (χ1) is 13.2. The van der Waals surface area contributed by atoms with Crippen molar-refractivity contribution in [1.29, 1.82) is 0 Å². The average molecular weight is 357 g/mol. The van der Waals surface area contributed by atoms with Gasteiger partial charge in [0.15, 0.2) is 0 Å². The van der Waals surface area contributed by atoms with Crippen LogP contribution in [0.2, 0.25) is 0 Å². The maximum atomic E-state index is 12.9. The summed E-state index contributed by atoms with van der Waals surface area (Å²) < 4.78 is 0.